The molecule has 0 bridgehead atoms. The highest BCUT2D eigenvalue weighted by molar-refractivity contribution is 5.87. The zero-order valence-electron chi connectivity index (χ0n) is 8.35. The Kier molecular flexibility index (Phi) is 6.09. The van der Waals surface area contributed by atoms with Gasteiger partial charge in [-0.3, -0.25) is 14.4 Å². The van der Waals surface area contributed by atoms with Gasteiger partial charge in [-0.2, -0.15) is 0 Å². The molecule has 0 aliphatic heterocycles. The van der Waals surface area contributed by atoms with E-state index in [1.807, 2.05) is 0 Å². The zero-order chi connectivity index (χ0) is 11.0. The van der Waals surface area contributed by atoms with E-state index in [9.17, 15) is 14.4 Å². The third-order valence-electron chi connectivity index (χ3n) is 1.32. The summed E-state index contributed by atoms with van der Waals surface area (Å²) in [7, 11) is 0. The Hall–Kier alpha value is -1.59. The first-order valence-corrected chi connectivity index (χ1v) is 4.34. The Bertz CT molecular complexity index is 228. The third kappa shape index (κ3) is 7.08. The van der Waals surface area contributed by atoms with Gasteiger partial charge in [0, 0.05) is 13.5 Å². The molecule has 0 aromatic carbocycles. The summed E-state index contributed by atoms with van der Waals surface area (Å²) in [6, 6.07) is 0. The molecule has 3 N–H and O–H groups in total. The fraction of sp³-hybridized carbons (Fsp3) is 0.625. The Labute approximate surface area is 82.4 Å². The van der Waals surface area contributed by atoms with Crippen molar-refractivity contribution in [2.45, 2.75) is 13.8 Å². The van der Waals surface area contributed by atoms with E-state index in [1.165, 1.54) is 6.92 Å². The van der Waals surface area contributed by atoms with Crippen LogP contribution in [-0.4, -0.2) is 37.4 Å². The normalized spacial score (nSPS) is 9.00. The first kappa shape index (κ1) is 12.4. The van der Waals surface area contributed by atoms with Crippen LogP contribution >= 0.6 is 0 Å². The van der Waals surface area contributed by atoms with Gasteiger partial charge in [0.05, 0.1) is 13.1 Å². The minimum absolute atomic E-state index is 0.0632. The third-order valence-corrected chi connectivity index (χ3v) is 1.32. The average molecular weight is 201 g/mol. The number of likely N-dealkylation sites (N-methyl/N-ethyl adjacent to an activating group) is 1. The molecule has 0 heterocycles. The number of hydrogen-bond donors (Lipinski definition) is 3. The molecule has 0 aliphatic carbocycles. The van der Waals surface area contributed by atoms with Crippen LogP contribution in [0.4, 0.5) is 0 Å². The van der Waals surface area contributed by atoms with Crippen LogP contribution in [0.2, 0.25) is 0 Å². The van der Waals surface area contributed by atoms with E-state index in [1.54, 1.807) is 6.92 Å². The summed E-state index contributed by atoms with van der Waals surface area (Å²) in [5, 5.41) is 7.20. The topological polar surface area (TPSA) is 87.3 Å². The van der Waals surface area contributed by atoms with Gasteiger partial charge >= 0.3 is 0 Å². The number of rotatable bonds is 5. The molecule has 80 valence electrons. The molecule has 6 nitrogen and oxygen atoms in total. The lowest BCUT2D eigenvalue weighted by molar-refractivity contribution is -0.127. The van der Waals surface area contributed by atoms with Crippen LogP contribution in [0.25, 0.3) is 0 Å². The SMILES string of the molecule is CCNC(=O)CNC(=O)CNC(C)=O. The number of amides is 3. The fourth-order valence-corrected chi connectivity index (χ4v) is 0.706. The van der Waals surface area contributed by atoms with Gasteiger partial charge in [-0.15, -0.1) is 0 Å². The van der Waals surface area contributed by atoms with E-state index in [-0.39, 0.29) is 30.8 Å². The molecule has 0 aromatic heterocycles. The molecule has 0 saturated heterocycles. The minimum Gasteiger partial charge on any atom is -0.355 e. The molecule has 0 atom stereocenters. The van der Waals surface area contributed by atoms with Gasteiger partial charge in [0.2, 0.25) is 17.7 Å². The summed E-state index contributed by atoms with van der Waals surface area (Å²) < 4.78 is 0. The Balaban J connectivity index is 3.53. The van der Waals surface area contributed by atoms with Crippen molar-refractivity contribution in [1.29, 1.82) is 0 Å². The lowest BCUT2D eigenvalue weighted by atomic mass is 10.5. The molecule has 0 radical (unpaired) electrons. The molecule has 0 aliphatic rings. The van der Waals surface area contributed by atoms with Crippen LogP contribution in [0, 0.1) is 0 Å². The summed E-state index contributed by atoms with van der Waals surface area (Å²) in [6.07, 6.45) is 0. The average Bonchev–Trinajstić information content (AvgIpc) is 2.12. The van der Waals surface area contributed by atoms with Crippen LogP contribution in [0.5, 0.6) is 0 Å². The van der Waals surface area contributed by atoms with Gasteiger partial charge in [0.1, 0.15) is 0 Å². The first-order valence-electron chi connectivity index (χ1n) is 4.34. The standard InChI is InChI=1S/C8H15N3O3/c1-3-9-7(13)5-11-8(14)4-10-6(2)12/h3-5H2,1-2H3,(H,9,13)(H,10,12)(H,11,14). The number of hydrogen-bond acceptors (Lipinski definition) is 3. The predicted octanol–water partition coefficient (Wildman–Crippen LogP) is -1.63. The maximum Gasteiger partial charge on any atom is 0.239 e. The lowest BCUT2D eigenvalue weighted by Gasteiger charge is -2.05. The highest BCUT2D eigenvalue weighted by Gasteiger charge is 2.04. The Morgan fingerprint density at radius 1 is 0.929 bits per heavy atom. The van der Waals surface area contributed by atoms with Gasteiger partial charge < -0.3 is 16.0 Å². The van der Waals surface area contributed by atoms with Crippen molar-refractivity contribution in [1.82, 2.24) is 16.0 Å². The zero-order valence-corrected chi connectivity index (χ0v) is 8.35. The molecule has 0 fully saturated rings. The van der Waals surface area contributed by atoms with Crippen molar-refractivity contribution in [2.24, 2.45) is 0 Å². The smallest absolute Gasteiger partial charge is 0.239 e. The molecule has 0 rings (SSSR count). The molecule has 0 saturated carbocycles. The van der Waals surface area contributed by atoms with E-state index in [0.717, 1.165) is 0 Å². The Morgan fingerprint density at radius 2 is 1.43 bits per heavy atom. The molecular formula is C8H15N3O3. The van der Waals surface area contributed by atoms with E-state index >= 15 is 0 Å². The van der Waals surface area contributed by atoms with Crippen LogP contribution in [0.3, 0.4) is 0 Å². The highest BCUT2D eigenvalue weighted by Crippen LogP contribution is 1.67. The Morgan fingerprint density at radius 3 is 1.93 bits per heavy atom. The molecule has 14 heavy (non-hydrogen) atoms. The van der Waals surface area contributed by atoms with Gasteiger partial charge in [-0.05, 0) is 6.92 Å². The van der Waals surface area contributed by atoms with Crippen LogP contribution < -0.4 is 16.0 Å². The van der Waals surface area contributed by atoms with Crippen LogP contribution in [-0.2, 0) is 14.4 Å². The van der Waals surface area contributed by atoms with Crippen molar-refractivity contribution >= 4 is 17.7 Å². The van der Waals surface area contributed by atoms with Crippen molar-refractivity contribution in [2.75, 3.05) is 19.6 Å². The maximum atomic E-state index is 11.0. The first-order chi connectivity index (χ1) is 6.56. The van der Waals surface area contributed by atoms with Gasteiger partial charge in [0.25, 0.3) is 0 Å². The van der Waals surface area contributed by atoms with Crippen molar-refractivity contribution in [3.63, 3.8) is 0 Å². The summed E-state index contributed by atoms with van der Waals surface area (Å²) >= 11 is 0. The minimum atomic E-state index is -0.383. The van der Waals surface area contributed by atoms with E-state index < -0.39 is 0 Å². The number of carbonyl (C=O) groups is 3. The largest absolute Gasteiger partial charge is 0.355 e. The predicted molar refractivity (Wildman–Crippen MR) is 50.4 cm³/mol. The maximum absolute atomic E-state index is 11.0. The monoisotopic (exact) mass is 201 g/mol. The van der Waals surface area contributed by atoms with Gasteiger partial charge in [-0.1, -0.05) is 0 Å². The fourth-order valence-electron chi connectivity index (χ4n) is 0.706. The number of carbonyl (C=O) groups excluding carboxylic acids is 3. The second-order valence-electron chi connectivity index (χ2n) is 2.64. The lowest BCUT2D eigenvalue weighted by Crippen LogP contribution is -2.41. The van der Waals surface area contributed by atoms with E-state index in [4.69, 9.17) is 0 Å². The molecule has 0 unspecified atom stereocenters. The van der Waals surface area contributed by atoms with Gasteiger partial charge in [-0.25, -0.2) is 0 Å². The van der Waals surface area contributed by atoms with E-state index in [2.05, 4.69) is 16.0 Å². The van der Waals surface area contributed by atoms with E-state index in [0.29, 0.717) is 6.54 Å². The van der Waals surface area contributed by atoms with Crippen molar-refractivity contribution in [3.8, 4) is 0 Å². The van der Waals surface area contributed by atoms with Crippen LogP contribution in [0.15, 0.2) is 0 Å². The van der Waals surface area contributed by atoms with Crippen LogP contribution in [0.1, 0.15) is 13.8 Å². The van der Waals surface area contributed by atoms with Gasteiger partial charge in [0.15, 0.2) is 0 Å². The van der Waals surface area contributed by atoms with Crippen molar-refractivity contribution in [3.05, 3.63) is 0 Å². The summed E-state index contributed by atoms with van der Waals surface area (Å²) in [5.41, 5.74) is 0. The number of nitrogens with one attached hydrogen (secondary N) is 3. The second kappa shape index (κ2) is 6.88. The summed E-state index contributed by atoms with van der Waals surface area (Å²) in [4.78, 5) is 32.2. The molecular weight excluding hydrogens is 186 g/mol. The molecule has 0 aromatic rings. The highest BCUT2D eigenvalue weighted by atomic mass is 16.2. The summed E-state index contributed by atoms with van der Waals surface area (Å²) in [6.45, 7) is 3.47. The quantitative estimate of drug-likeness (QED) is 0.499. The molecule has 0 spiro atoms. The second-order valence-corrected chi connectivity index (χ2v) is 2.64. The summed E-state index contributed by atoms with van der Waals surface area (Å²) in [5.74, 6) is -0.909. The van der Waals surface area contributed by atoms with Crippen molar-refractivity contribution < 1.29 is 14.4 Å². The molecule has 3 amide bonds. The molecule has 6 heteroatoms.